The Kier molecular flexibility index (Phi) is 4.40. The summed E-state index contributed by atoms with van der Waals surface area (Å²) in [5, 5.41) is 0.391. The molecule has 1 aromatic rings. The SMILES string of the molecule is CC(C)(C)P(Cc1ccccc1)C1C=CCC=C1. The summed E-state index contributed by atoms with van der Waals surface area (Å²) in [6, 6.07) is 10.9. The summed E-state index contributed by atoms with van der Waals surface area (Å²) >= 11 is 0. The van der Waals surface area contributed by atoms with E-state index in [1.807, 2.05) is 0 Å². The van der Waals surface area contributed by atoms with Crippen molar-refractivity contribution in [2.45, 2.75) is 44.2 Å². The highest BCUT2D eigenvalue weighted by atomic mass is 31.1. The predicted octanol–water partition coefficient (Wildman–Crippen LogP) is 5.35. The van der Waals surface area contributed by atoms with Gasteiger partial charge in [0.25, 0.3) is 0 Å². The van der Waals surface area contributed by atoms with Crippen LogP contribution in [-0.2, 0) is 6.16 Å². The van der Waals surface area contributed by atoms with Crippen molar-refractivity contribution in [3.05, 3.63) is 60.2 Å². The minimum atomic E-state index is -0.0698. The molecule has 1 aliphatic rings. The van der Waals surface area contributed by atoms with Crippen LogP contribution in [0.5, 0.6) is 0 Å². The molecule has 18 heavy (non-hydrogen) atoms. The molecule has 0 saturated carbocycles. The molecule has 0 aliphatic heterocycles. The van der Waals surface area contributed by atoms with Crippen molar-refractivity contribution in [2.24, 2.45) is 0 Å². The van der Waals surface area contributed by atoms with Crippen LogP contribution in [0.2, 0.25) is 0 Å². The Morgan fingerprint density at radius 2 is 1.67 bits per heavy atom. The van der Waals surface area contributed by atoms with Gasteiger partial charge in [0.15, 0.2) is 0 Å². The highest BCUT2D eigenvalue weighted by Gasteiger charge is 2.29. The third-order valence-electron chi connectivity index (χ3n) is 3.36. The van der Waals surface area contributed by atoms with Crippen molar-refractivity contribution in [3.8, 4) is 0 Å². The van der Waals surface area contributed by atoms with Gasteiger partial charge in [0, 0.05) is 5.66 Å². The van der Waals surface area contributed by atoms with Gasteiger partial charge in [-0.15, -0.1) is 0 Å². The van der Waals surface area contributed by atoms with E-state index in [1.165, 1.54) is 11.7 Å². The zero-order valence-electron chi connectivity index (χ0n) is 11.6. The zero-order valence-corrected chi connectivity index (χ0v) is 12.5. The second kappa shape index (κ2) is 5.85. The third kappa shape index (κ3) is 3.56. The molecule has 1 aromatic carbocycles. The first kappa shape index (κ1) is 13.6. The normalized spacial score (nSPS) is 17.9. The van der Waals surface area contributed by atoms with Crippen LogP contribution in [0.1, 0.15) is 32.8 Å². The lowest BCUT2D eigenvalue weighted by atomic mass is 10.2. The van der Waals surface area contributed by atoms with E-state index in [4.69, 9.17) is 0 Å². The summed E-state index contributed by atoms with van der Waals surface area (Å²) in [4.78, 5) is 0. The van der Waals surface area contributed by atoms with Crippen LogP contribution in [0.4, 0.5) is 0 Å². The summed E-state index contributed by atoms with van der Waals surface area (Å²) in [7, 11) is -0.0698. The Morgan fingerprint density at radius 3 is 2.22 bits per heavy atom. The Hall–Kier alpha value is -0.870. The molecular weight excluding hydrogens is 235 g/mol. The van der Waals surface area contributed by atoms with E-state index < -0.39 is 0 Å². The summed E-state index contributed by atoms with van der Waals surface area (Å²) in [5.41, 5.74) is 2.12. The second-order valence-corrected chi connectivity index (χ2v) is 9.06. The van der Waals surface area contributed by atoms with Crippen molar-refractivity contribution in [1.29, 1.82) is 0 Å². The first-order valence-corrected chi connectivity index (χ1v) is 8.31. The molecule has 1 heteroatoms. The van der Waals surface area contributed by atoms with Crippen LogP contribution in [-0.4, -0.2) is 10.8 Å². The molecule has 96 valence electrons. The highest BCUT2D eigenvalue weighted by Crippen LogP contribution is 2.57. The van der Waals surface area contributed by atoms with Gasteiger partial charge in [-0.3, -0.25) is 0 Å². The fourth-order valence-corrected chi connectivity index (χ4v) is 5.20. The number of hydrogen-bond donors (Lipinski definition) is 0. The average molecular weight is 258 g/mol. The molecule has 0 bridgehead atoms. The fourth-order valence-electron chi connectivity index (χ4n) is 2.36. The molecule has 0 nitrogen and oxygen atoms in total. The Bertz CT molecular complexity index is 411. The standard InChI is InChI=1S/C17H23P/c1-17(2,3)18(16-12-8-5-9-13-16)14-15-10-6-4-7-11-15/h4,6-13,16H,5,14H2,1-3H3. The van der Waals surface area contributed by atoms with Gasteiger partial charge >= 0.3 is 0 Å². The minimum absolute atomic E-state index is 0.0698. The molecule has 0 amide bonds. The molecule has 0 fully saturated rings. The van der Waals surface area contributed by atoms with Crippen molar-refractivity contribution >= 4 is 7.92 Å². The molecule has 0 heterocycles. The monoisotopic (exact) mass is 258 g/mol. The van der Waals surface area contributed by atoms with Crippen LogP contribution in [0, 0.1) is 0 Å². The topological polar surface area (TPSA) is 0 Å². The first-order chi connectivity index (χ1) is 8.57. The first-order valence-electron chi connectivity index (χ1n) is 6.71. The maximum Gasteiger partial charge on any atom is 0.0158 e. The smallest absolute Gasteiger partial charge is 0.0158 e. The molecule has 2 rings (SSSR count). The van der Waals surface area contributed by atoms with Gasteiger partial charge in [-0.25, -0.2) is 0 Å². The second-order valence-electron chi connectivity index (χ2n) is 5.87. The molecule has 0 spiro atoms. The van der Waals surface area contributed by atoms with Gasteiger partial charge < -0.3 is 0 Å². The summed E-state index contributed by atoms with van der Waals surface area (Å²) in [6.45, 7) is 7.16. The summed E-state index contributed by atoms with van der Waals surface area (Å²) < 4.78 is 0. The van der Waals surface area contributed by atoms with Gasteiger partial charge in [0.05, 0.1) is 0 Å². The number of rotatable bonds is 3. The zero-order chi connectivity index (χ0) is 13.0. The average Bonchev–Trinajstić information content (AvgIpc) is 2.37. The van der Waals surface area contributed by atoms with Gasteiger partial charge in [-0.2, -0.15) is 0 Å². The van der Waals surface area contributed by atoms with Gasteiger partial charge in [0.1, 0.15) is 0 Å². The van der Waals surface area contributed by atoms with Crippen LogP contribution in [0.3, 0.4) is 0 Å². The Morgan fingerprint density at radius 1 is 1.06 bits per heavy atom. The number of allylic oxidation sites excluding steroid dienone is 4. The van der Waals surface area contributed by atoms with E-state index >= 15 is 0 Å². The quantitative estimate of drug-likeness (QED) is 0.506. The lowest BCUT2D eigenvalue weighted by Gasteiger charge is -2.36. The van der Waals surface area contributed by atoms with E-state index in [2.05, 4.69) is 75.4 Å². The van der Waals surface area contributed by atoms with E-state index in [-0.39, 0.29) is 7.92 Å². The van der Waals surface area contributed by atoms with Crippen LogP contribution < -0.4 is 0 Å². The molecule has 0 saturated heterocycles. The highest BCUT2D eigenvalue weighted by molar-refractivity contribution is 7.59. The van der Waals surface area contributed by atoms with Crippen molar-refractivity contribution in [1.82, 2.24) is 0 Å². The molecule has 0 N–H and O–H groups in total. The number of hydrogen-bond acceptors (Lipinski definition) is 0. The largest absolute Gasteiger partial charge is 0.0857 e. The van der Waals surface area contributed by atoms with E-state index in [9.17, 15) is 0 Å². The van der Waals surface area contributed by atoms with E-state index in [0.717, 1.165) is 6.42 Å². The Labute approximate surface area is 113 Å². The van der Waals surface area contributed by atoms with E-state index in [1.54, 1.807) is 0 Å². The van der Waals surface area contributed by atoms with Gasteiger partial charge in [0.2, 0.25) is 0 Å². The van der Waals surface area contributed by atoms with Crippen LogP contribution in [0.25, 0.3) is 0 Å². The molecule has 0 aromatic heterocycles. The molecule has 1 aliphatic carbocycles. The lowest BCUT2D eigenvalue weighted by molar-refractivity contribution is 0.774. The lowest BCUT2D eigenvalue weighted by Crippen LogP contribution is -2.20. The van der Waals surface area contributed by atoms with Crippen molar-refractivity contribution in [3.63, 3.8) is 0 Å². The maximum atomic E-state index is 2.42. The molecular formula is C17H23P. The number of benzene rings is 1. The minimum Gasteiger partial charge on any atom is -0.0857 e. The fraction of sp³-hybridized carbons (Fsp3) is 0.412. The van der Waals surface area contributed by atoms with Crippen LogP contribution in [0.15, 0.2) is 54.6 Å². The van der Waals surface area contributed by atoms with Crippen molar-refractivity contribution in [2.75, 3.05) is 0 Å². The van der Waals surface area contributed by atoms with E-state index in [0.29, 0.717) is 10.8 Å². The van der Waals surface area contributed by atoms with Crippen molar-refractivity contribution < 1.29 is 0 Å². The predicted molar refractivity (Wildman–Crippen MR) is 83.5 cm³/mol. The molecule has 1 unspecified atom stereocenters. The van der Waals surface area contributed by atoms with Gasteiger partial charge in [-0.05, 0) is 23.3 Å². The summed E-state index contributed by atoms with van der Waals surface area (Å²) in [5.74, 6) is 0. The molecule has 0 radical (unpaired) electrons. The maximum absolute atomic E-state index is 2.42. The van der Waals surface area contributed by atoms with Gasteiger partial charge in [-0.1, -0.05) is 83.3 Å². The van der Waals surface area contributed by atoms with Crippen LogP contribution >= 0.6 is 7.92 Å². The molecule has 1 atom stereocenters. The Balaban J connectivity index is 2.18. The third-order valence-corrected chi connectivity index (χ3v) is 6.85. The summed E-state index contributed by atoms with van der Waals surface area (Å²) in [6.07, 6.45) is 11.8.